The first kappa shape index (κ1) is 13.4. The lowest BCUT2D eigenvalue weighted by Crippen LogP contribution is -2.45. The minimum absolute atomic E-state index is 0.774. The average Bonchev–Trinajstić information content (AvgIpc) is 2.82. The highest BCUT2D eigenvalue weighted by Gasteiger charge is 2.25. The van der Waals surface area contributed by atoms with E-state index in [1.165, 1.54) is 64.6 Å². The highest BCUT2D eigenvalue weighted by molar-refractivity contribution is 4.83. The third-order valence-electron chi connectivity index (χ3n) is 4.31. The van der Waals surface area contributed by atoms with Crippen molar-refractivity contribution >= 4 is 0 Å². The molecular weight excluding hydrogens is 208 g/mol. The number of nitrogens with zero attached hydrogens (tertiary/aromatic N) is 1. The zero-order chi connectivity index (χ0) is 12.1. The summed E-state index contributed by atoms with van der Waals surface area (Å²) in [5, 5.41) is 3.66. The molecule has 2 fully saturated rings. The van der Waals surface area contributed by atoms with Gasteiger partial charge in [-0.2, -0.15) is 0 Å². The van der Waals surface area contributed by atoms with Crippen LogP contribution in [0.2, 0.25) is 0 Å². The fourth-order valence-electron chi connectivity index (χ4n) is 3.48. The molecule has 2 rings (SSSR count). The van der Waals surface area contributed by atoms with Crippen LogP contribution >= 0.6 is 0 Å². The van der Waals surface area contributed by atoms with Crippen molar-refractivity contribution in [3.8, 4) is 0 Å². The molecule has 100 valence electrons. The lowest BCUT2D eigenvalue weighted by molar-refractivity contribution is 0.129. The maximum Gasteiger partial charge on any atom is 0.0195 e. The predicted molar refractivity (Wildman–Crippen MR) is 74.3 cm³/mol. The summed E-state index contributed by atoms with van der Waals surface area (Å²) >= 11 is 0. The summed E-state index contributed by atoms with van der Waals surface area (Å²) < 4.78 is 0. The summed E-state index contributed by atoms with van der Waals surface area (Å²) in [5.41, 5.74) is 0. The lowest BCUT2D eigenvalue weighted by Gasteiger charge is -2.37. The van der Waals surface area contributed by atoms with E-state index < -0.39 is 0 Å². The van der Waals surface area contributed by atoms with E-state index in [-0.39, 0.29) is 0 Å². The van der Waals surface area contributed by atoms with Crippen molar-refractivity contribution in [2.75, 3.05) is 19.6 Å². The minimum Gasteiger partial charge on any atom is -0.313 e. The summed E-state index contributed by atoms with van der Waals surface area (Å²) in [7, 11) is 0. The van der Waals surface area contributed by atoms with Crippen molar-refractivity contribution in [3.63, 3.8) is 0 Å². The van der Waals surface area contributed by atoms with Gasteiger partial charge in [-0.15, -0.1) is 0 Å². The molecule has 1 saturated heterocycles. The molecule has 1 unspecified atom stereocenters. The summed E-state index contributed by atoms with van der Waals surface area (Å²) in [5.74, 6) is 0.804. The first-order valence-electron chi connectivity index (χ1n) is 7.73. The molecule has 0 amide bonds. The second kappa shape index (κ2) is 6.75. The average molecular weight is 238 g/mol. The highest BCUT2D eigenvalue weighted by Crippen LogP contribution is 2.24. The van der Waals surface area contributed by atoms with Gasteiger partial charge < -0.3 is 5.32 Å². The van der Waals surface area contributed by atoms with Gasteiger partial charge in [0.1, 0.15) is 0 Å². The van der Waals surface area contributed by atoms with E-state index in [0.29, 0.717) is 0 Å². The Hall–Kier alpha value is -0.0800. The SMILES string of the molecule is CC(C)CN(CC1CCCN1)C1CCCCC1. The Morgan fingerprint density at radius 1 is 1.06 bits per heavy atom. The van der Waals surface area contributed by atoms with Crippen LogP contribution in [0.1, 0.15) is 58.8 Å². The molecule has 0 spiro atoms. The van der Waals surface area contributed by atoms with E-state index in [4.69, 9.17) is 0 Å². The zero-order valence-corrected chi connectivity index (χ0v) is 11.8. The summed E-state index contributed by atoms with van der Waals surface area (Å²) in [6, 6.07) is 1.66. The van der Waals surface area contributed by atoms with Crippen LogP contribution in [0.15, 0.2) is 0 Å². The standard InChI is InChI=1S/C15H30N2/c1-13(2)11-17(12-14-7-6-10-16-14)15-8-4-3-5-9-15/h13-16H,3-12H2,1-2H3. The van der Waals surface area contributed by atoms with E-state index in [0.717, 1.165) is 18.0 Å². The fraction of sp³-hybridized carbons (Fsp3) is 1.00. The molecule has 2 heteroatoms. The normalized spacial score (nSPS) is 27.2. The molecule has 1 saturated carbocycles. The summed E-state index contributed by atoms with van der Waals surface area (Å²) in [6.07, 6.45) is 10.0. The molecule has 1 N–H and O–H groups in total. The van der Waals surface area contributed by atoms with Gasteiger partial charge in [0.2, 0.25) is 0 Å². The van der Waals surface area contributed by atoms with Gasteiger partial charge in [-0.05, 0) is 38.1 Å². The van der Waals surface area contributed by atoms with Crippen LogP contribution in [-0.2, 0) is 0 Å². The van der Waals surface area contributed by atoms with Crippen molar-refractivity contribution in [1.82, 2.24) is 10.2 Å². The predicted octanol–water partition coefficient (Wildman–Crippen LogP) is 3.03. The number of hydrogen-bond donors (Lipinski definition) is 1. The molecule has 0 radical (unpaired) electrons. The molecular formula is C15H30N2. The number of hydrogen-bond acceptors (Lipinski definition) is 2. The second-order valence-corrected chi connectivity index (χ2v) is 6.43. The molecule has 2 aliphatic rings. The van der Waals surface area contributed by atoms with Gasteiger partial charge in [0, 0.05) is 25.2 Å². The van der Waals surface area contributed by atoms with Gasteiger partial charge >= 0.3 is 0 Å². The molecule has 1 aliphatic heterocycles. The van der Waals surface area contributed by atoms with Crippen LogP contribution in [0, 0.1) is 5.92 Å². The van der Waals surface area contributed by atoms with Crippen molar-refractivity contribution in [2.45, 2.75) is 70.9 Å². The number of nitrogens with one attached hydrogen (secondary N) is 1. The third kappa shape index (κ3) is 4.26. The first-order chi connectivity index (χ1) is 8.25. The van der Waals surface area contributed by atoms with Gasteiger partial charge in [-0.25, -0.2) is 0 Å². The quantitative estimate of drug-likeness (QED) is 0.792. The van der Waals surface area contributed by atoms with Gasteiger partial charge in [0.15, 0.2) is 0 Å². The fourth-order valence-corrected chi connectivity index (χ4v) is 3.48. The van der Waals surface area contributed by atoms with Gasteiger partial charge in [-0.3, -0.25) is 4.90 Å². The Morgan fingerprint density at radius 3 is 2.41 bits per heavy atom. The van der Waals surface area contributed by atoms with Gasteiger partial charge in [-0.1, -0.05) is 33.1 Å². The molecule has 0 aromatic carbocycles. The highest BCUT2D eigenvalue weighted by atomic mass is 15.2. The molecule has 0 aromatic rings. The monoisotopic (exact) mass is 238 g/mol. The molecule has 0 aromatic heterocycles. The van der Waals surface area contributed by atoms with Crippen molar-refractivity contribution in [2.24, 2.45) is 5.92 Å². The molecule has 17 heavy (non-hydrogen) atoms. The minimum atomic E-state index is 0.774. The van der Waals surface area contributed by atoms with E-state index in [2.05, 4.69) is 24.1 Å². The first-order valence-corrected chi connectivity index (χ1v) is 7.73. The Morgan fingerprint density at radius 2 is 1.82 bits per heavy atom. The lowest BCUT2D eigenvalue weighted by atomic mass is 9.93. The van der Waals surface area contributed by atoms with Crippen LogP contribution in [0.5, 0.6) is 0 Å². The van der Waals surface area contributed by atoms with E-state index >= 15 is 0 Å². The smallest absolute Gasteiger partial charge is 0.0195 e. The zero-order valence-electron chi connectivity index (χ0n) is 11.8. The maximum absolute atomic E-state index is 3.66. The molecule has 2 nitrogen and oxygen atoms in total. The summed E-state index contributed by atoms with van der Waals surface area (Å²) in [4.78, 5) is 2.80. The Bertz CT molecular complexity index is 203. The van der Waals surface area contributed by atoms with Gasteiger partial charge in [0.25, 0.3) is 0 Å². The van der Waals surface area contributed by atoms with Crippen LogP contribution in [0.4, 0.5) is 0 Å². The van der Waals surface area contributed by atoms with Crippen LogP contribution < -0.4 is 5.32 Å². The second-order valence-electron chi connectivity index (χ2n) is 6.43. The Kier molecular flexibility index (Phi) is 5.30. The third-order valence-corrected chi connectivity index (χ3v) is 4.31. The molecule has 1 atom stereocenters. The van der Waals surface area contributed by atoms with Crippen molar-refractivity contribution in [1.29, 1.82) is 0 Å². The Labute approximate surface area is 107 Å². The van der Waals surface area contributed by atoms with E-state index in [9.17, 15) is 0 Å². The van der Waals surface area contributed by atoms with Crippen molar-refractivity contribution in [3.05, 3.63) is 0 Å². The van der Waals surface area contributed by atoms with Crippen LogP contribution in [-0.4, -0.2) is 36.6 Å². The summed E-state index contributed by atoms with van der Waals surface area (Å²) in [6.45, 7) is 8.55. The van der Waals surface area contributed by atoms with Crippen LogP contribution in [0.25, 0.3) is 0 Å². The van der Waals surface area contributed by atoms with E-state index in [1.807, 2.05) is 0 Å². The molecule has 0 bridgehead atoms. The number of rotatable bonds is 5. The Balaban J connectivity index is 1.86. The largest absolute Gasteiger partial charge is 0.313 e. The molecule has 1 heterocycles. The molecule has 1 aliphatic carbocycles. The van der Waals surface area contributed by atoms with Gasteiger partial charge in [0.05, 0.1) is 0 Å². The van der Waals surface area contributed by atoms with Crippen molar-refractivity contribution < 1.29 is 0 Å². The topological polar surface area (TPSA) is 15.3 Å². The van der Waals surface area contributed by atoms with Crippen LogP contribution in [0.3, 0.4) is 0 Å². The maximum atomic E-state index is 3.66. The van der Waals surface area contributed by atoms with E-state index in [1.54, 1.807) is 0 Å².